The minimum absolute atomic E-state index is 0.0157. The number of carboxylic acids is 1. The highest BCUT2D eigenvalue weighted by atomic mass is 32.2. The van der Waals surface area contributed by atoms with Gasteiger partial charge in [-0.15, -0.1) is 0 Å². The first-order chi connectivity index (χ1) is 15.0. The van der Waals surface area contributed by atoms with E-state index in [1.165, 1.54) is 24.8 Å². The molecule has 0 spiro atoms. The topological polar surface area (TPSA) is 125 Å². The third kappa shape index (κ3) is 7.84. The van der Waals surface area contributed by atoms with E-state index in [0.717, 1.165) is 25.7 Å². The van der Waals surface area contributed by atoms with Crippen molar-refractivity contribution in [2.24, 2.45) is 5.92 Å². The van der Waals surface area contributed by atoms with Crippen molar-refractivity contribution in [3.8, 4) is 0 Å². The molecule has 0 radical (unpaired) electrons. The minimum atomic E-state index is -5.08. The van der Waals surface area contributed by atoms with Gasteiger partial charge in [0.05, 0.1) is 4.90 Å². The van der Waals surface area contributed by atoms with Gasteiger partial charge in [0.2, 0.25) is 5.91 Å². The molecule has 1 aromatic heterocycles. The number of halogens is 3. The number of carbonyl (C=O) groups excluding carboxylic acids is 1. The van der Waals surface area contributed by atoms with Gasteiger partial charge in [0.25, 0.3) is 10.0 Å². The Kier molecular flexibility index (Phi) is 8.58. The first-order valence-electron chi connectivity index (χ1n) is 9.64. The number of benzene rings is 1. The van der Waals surface area contributed by atoms with Crippen LogP contribution < -0.4 is 10.0 Å². The van der Waals surface area contributed by atoms with Gasteiger partial charge in [0.1, 0.15) is 5.82 Å². The van der Waals surface area contributed by atoms with Crippen LogP contribution in [0.3, 0.4) is 0 Å². The molecule has 1 aliphatic rings. The molecule has 8 nitrogen and oxygen atoms in total. The maximum absolute atomic E-state index is 12.3. The Balaban J connectivity index is 0.000000451. The van der Waals surface area contributed by atoms with Crippen molar-refractivity contribution in [1.29, 1.82) is 0 Å². The van der Waals surface area contributed by atoms with Gasteiger partial charge in [-0.05, 0) is 49.2 Å². The number of alkyl halides is 3. The number of pyridine rings is 1. The fourth-order valence-electron chi connectivity index (χ4n) is 2.95. The number of nitrogens with zero attached hydrogens (tertiary/aromatic N) is 1. The van der Waals surface area contributed by atoms with Crippen LogP contribution in [0.4, 0.5) is 24.7 Å². The highest BCUT2D eigenvalue weighted by molar-refractivity contribution is 7.92. The smallest absolute Gasteiger partial charge is 0.475 e. The Labute approximate surface area is 182 Å². The second-order valence-electron chi connectivity index (χ2n) is 6.97. The number of carbonyl (C=O) groups is 2. The molecule has 1 aromatic carbocycles. The monoisotopic (exact) mass is 473 g/mol. The standard InChI is InChI=1S/C18H21N3O3S.C2HF3O2/c22-18(14-6-2-1-3-7-14)20-15-9-11-16(12-10-15)25(23,24)21-17-8-4-5-13-19-17;3-2(4,5)1(6)7/h4-5,8-14H,1-3,6-7H2,(H,19,21)(H,20,22);(H,6,7). The zero-order chi connectivity index (χ0) is 23.8. The van der Waals surface area contributed by atoms with E-state index in [1.807, 2.05) is 0 Å². The van der Waals surface area contributed by atoms with Gasteiger partial charge >= 0.3 is 12.1 Å². The normalized spacial score (nSPS) is 14.6. The number of carboxylic acid groups (broad SMARTS) is 1. The summed E-state index contributed by atoms with van der Waals surface area (Å²) in [7, 11) is -3.70. The third-order valence-corrected chi connectivity index (χ3v) is 5.93. The molecule has 3 N–H and O–H groups in total. The molecule has 1 aliphatic carbocycles. The Morgan fingerprint density at radius 3 is 2.09 bits per heavy atom. The van der Waals surface area contributed by atoms with Crippen molar-refractivity contribution in [3.63, 3.8) is 0 Å². The first-order valence-corrected chi connectivity index (χ1v) is 11.1. The van der Waals surface area contributed by atoms with Gasteiger partial charge in [-0.25, -0.2) is 18.2 Å². The van der Waals surface area contributed by atoms with Crippen LogP contribution >= 0.6 is 0 Å². The second-order valence-corrected chi connectivity index (χ2v) is 8.65. The van der Waals surface area contributed by atoms with Crippen LogP contribution in [-0.2, 0) is 19.6 Å². The zero-order valence-electron chi connectivity index (χ0n) is 16.8. The predicted molar refractivity (Wildman–Crippen MR) is 110 cm³/mol. The maximum Gasteiger partial charge on any atom is 0.490 e. The summed E-state index contributed by atoms with van der Waals surface area (Å²) >= 11 is 0. The molecule has 174 valence electrons. The minimum Gasteiger partial charge on any atom is -0.475 e. The quantitative estimate of drug-likeness (QED) is 0.602. The maximum atomic E-state index is 12.3. The lowest BCUT2D eigenvalue weighted by Gasteiger charge is -2.20. The van der Waals surface area contributed by atoms with Gasteiger partial charge in [-0.1, -0.05) is 25.3 Å². The van der Waals surface area contributed by atoms with Crippen LogP contribution in [0.5, 0.6) is 0 Å². The Bertz CT molecular complexity index is 1010. The molecule has 0 atom stereocenters. The van der Waals surface area contributed by atoms with E-state index < -0.39 is 22.2 Å². The fourth-order valence-corrected chi connectivity index (χ4v) is 3.95. The lowest BCUT2D eigenvalue weighted by molar-refractivity contribution is -0.192. The molecule has 0 saturated heterocycles. The molecule has 1 fully saturated rings. The number of aliphatic carboxylic acids is 1. The Morgan fingerprint density at radius 1 is 1.00 bits per heavy atom. The number of hydrogen-bond acceptors (Lipinski definition) is 5. The van der Waals surface area contributed by atoms with Gasteiger partial charge in [0.15, 0.2) is 0 Å². The van der Waals surface area contributed by atoms with E-state index in [1.54, 1.807) is 30.3 Å². The molecule has 32 heavy (non-hydrogen) atoms. The number of aromatic nitrogens is 1. The van der Waals surface area contributed by atoms with Crippen molar-refractivity contribution in [1.82, 2.24) is 4.98 Å². The fraction of sp³-hybridized carbons (Fsp3) is 0.350. The van der Waals surface area contributed by atoms with Crippen LogP contribution in [0.25, 0.3) is 0 Å². The van der Waals surface area contributed by atoms with Crippen molar-refractivity contribution in [2.75, 3.05) is 10.0 Å². The van der Waals surface area contributed by atoms with E-state index in [2.05, 4.69) is 15.0 Å². The summed E-state index contributed by atoms with van der Waals surface area (Å²) in [5, 5.41) is 10.00. The summed E-state index contributed by atoms with van der Waals surface area (Å²) in [5.74, 6) is -2.42. The molecular weight excluding hydrogens is 451 g/mol. The summed E-state index contributed by atoms with van der Waals surface area (Å²) in [6, 6.07) is 11.2. The summed E-state index contributed by atoms with van der Waals surface area (Å²) < 4.78 is 58.8. The number of sulfonamides is 1. The van der Waals surface area contributed by atoms with Crippen LogP contribution in [-0.4, -0.2) is 36.6 Å². The van der Waals surface area contributed by atoms with Crippen LogP contribution in [0.15, 0.2) is 53.6 Å². The summed E-state index contributed by atoms with van der Waals surface area (Å²) in [6.45, 7) is 0. The zero-order valence-corrected chi connectivity index (χ0v) is 17.6. The molecule has 0 aliphatic heterocycles. The second kappa shape index (κ2) is 10.9. The van der Waals surface area contributed by atoms with Gasteiger partial charge in [-0.3, -0.25) is 9.52 Å². The lowest BCUT2D eigenvalue weighted by atomic mass is 9.88. The molecule has 0 unspecified atom stereocenters. The van der Waals surface area contributed by atoms with Crippen LogP contribution in [0.2, 0.25) is 0 Å². The van der Waals surface area contributed by atoms with E-state index in [9.17, 15) is 26.4 Å². The van der Waals surface area contributed by atoms with Crippen LogP contribution in [0.1, 0.15) is 32.1 Å². The van der Waals surface area contributed by atoms with E-state index in [0.29, 0.717) is 5.69 Å². The largest absolute Gasteiger partial charge is 0.490 e. The predicted octanol–water partition coefficient (Wildman–Crippen LogP) is 4.03. The third-order valence-electron chi connectivity index (χ3n) is 4.55. The highest BCUT2D eigenvalue weighted by Crippen LogP contribution is 2.25. The highest BCUT2D eigenvalue weighted by Gasteiger charge is 2.38. The number of amides is 1. The van der Waals surface area contributed by atoms with Gasteiger partial charge in [-0.2, -0.15) is 13.2 Å². The molecule has 12 heteroatoms. The van der Waals surface area contributed by atoms with E-state index in [4.69, 9.17) is 9.90 Å². The van der Waals surface area contributed by atoms with Gasteiger partial charge < -0.3 is 10.4 Å². The number of rotatable bonds is 5. The summed E-state index contributed by atoms with van der Waals surface area (Å²) in [4.78, 5) is 25.2. The number of hydrogen-bond donors (Lipinski definition) is 3. The Hall–Kier alpha value is -3.15. The molecule has 1 saturated carbocycles. The number of nitrogens with one attached hydrogen (secondary N) is 2. The van der Waals surface area contributed by atoms with Crippen molar-refractivity contribution in [2.45, 2.75) is 43.2 Å². The average Bonchev–Trinajstić information content (AvgIpc) is 2.75. The first kappa shape index (κ1) is 25.1. The SMILES string of the molecule is O=C(Nc1ccc(S(=O)(=O)Nc2ccccn2)cc1)C1CCCCC1.O=C(O)C(F)(F)F. The van der Waals surface area contributed by atoms with E-state index >= 15 is 0 Å². The molecular formula is C20H22F3N3O5S. The van der Waals surface area contributed by atoms with Crippen molar-refractivity contribution >= 4 is 33.4 Å². The van der Waals surface area contributed by atoms with Crippen molar-refractivity contribution in [3.05, 3.63) is 48.7 Å². The molecule has 3 rings (SSSR count). The number of anilines is 2. The molecule has 1 heterocycles. The van der Waals surface area contributed by atoms with Crippen LogP contribution in [0, 0.1) is 5.92 Å². The Morgan fingerprint density at radius 2 is 1.59 bits per heavy atom. The van der Waals surface area contributed by atoms with E-state index in [-0.39, 0.29) is 22.5 Å². The summed E-state index contributed by atoms with van der Waals surface area (Å²) in [6.07, 6.45) is 1.66. The summed E-state index contributed by atoms with van der Waals surface area (Å²) in [5.41, 5.74) is 0.604. The molecule has 1 amide bonds. The van der Waals surface area contributed by atoms with Crippen molar-refractivity contribution < 1.29 is 36.3 Å². The average molecular weight is 473 g/mol. The molecule has 2 aromatic rings. The molecule has 0 bridgehead atoms. The lowest BCUT2D eigenvalue weighted by Crippen LogP contribution is -2.24. The van der Waals surface area contributed by atoms with Gasteiger partial charge in [0, 0.05) is 17.8 Å².